The Morgan fingerprint density at radius 1 is 1.59 bits per heavy atom. The van der Waals surface area contributed by atoms with E-state index in [4.69, 9.17) is 5.73 Å². The number of hydrogen-bond donors (Lipinski definition) is 4. The van der Waals surface area contributed by atoms with Crippen molar-refractivity contribution in [1.82, 2.24) is 10.2 Å². The van der Waals surface area contributed by atoms with Gasteiger partial charge in [0.1, 0.15) is 11.4 Å². The molecule has 122 valence electrons. The number of primary amides is 1. The zero-order valence-corrected chi connectivity index (χ0v) is 12.6. The van der Waals surface area contributed by atoms with Gasteiger partial charge < -0.3 is 25.4 Å². The maximum absolute atomic E-state index is 12.0. The highest BCUT2D eigenvalue weighted by molar-refractivity contribution is 7.91. The molecule has 1 saturated heterocycles. The summed E-state index contributed by atoms with van der Waals surface area (Å²) < 4.78 is 11.9. The molecule has 0 bridgehead atoms. The van der Waals surface area contributed by atoms with Gasteiger partial charge in [-0.15, -0.1) is 0 Å². The largest absolute Gasteiger partial charge is 0.615 e. The van der Waals surface area contributed by atoms with Gasteiger partial charge in [0.15, 0.2) is 5.88 Å². The monoisotopic (exact) mass is 331 g/mol. The lowest BCUT2D eigenvalue weighted by molar-refractivity contribution is -0.161. The van der Waals surface area contributed by atoms with Crippen molar-refractivity contribution < 1.29 is 29.1 Å². The van der Waals surface area contributed by atoms with Crippen LogP contribution in [0.5, 0.6) is 0 Å². The van der Waals surface area contributed by atoms with Gasteiger partial charge >= 0.3 is 12.0 Å². The van der Waals surface area contributed by atoms with Crippen molar-refractivity contribution in [2.24, 2.45) is 11.7 Å². The number of β-lactam (4-membered cyclic amide) rings is 1. The summed E-state index contributed by atoms with van der Waals surface area (Å²) in [7, 11) is 0. The molecule has 3 amide bonds. The highest BCUT2D eigenvalue weighted by Crippen LogP contribution is 2.43. The van der Waals surface area contributed by atoms with E-state index in [-0.39, 0.29) is 23.7 Å². The second kappa shape index (κ2) is 6.15. The Bertz CT molecular complexity index is 549. The van der Waals surface area contributed by atoms with Crippen LogP contribution in [0.2, 0.25) is 0 Å². The highest BCUT2D eigenvalue weighted by Gasteiger charge is 2.57. The summed E-state index contributed by atoms with van der Waals surface area (Å²) in [5.74, 6) is -2.61. The Hall–Kier alpha value is -1.78. The van der Waals surface area contributed by atoms with Gasteiger partial charge in [-0.05, 0) is 24.5 Å². The first-order valence-electron chi connectivity index (χ1n) is 6.58. The molecular weight excluding hydrogens is 314 g/mol. The number of aliphatic carboxylic acids is 1. The third-order valence-corrected chi connectivity index (χ3v) is 4.90. The molecule has 0 aromatic carbocycles. The zero-order valence-electron chi connectivity index (χ0n) is 11.8. The average Bonchev–Trinajstić information content (AvgIpc) is 2.70. The van der Waals surface area contributed by atoms with Gasteiger partial charge in [0.05, 0.1) is 18.1 Å². The number of nitrogens with zero attached hydrogens (tertiary/aromatic N) is 1. The molecular formula is C12H17N3O6S. The van der Waals surface area contributed by atoms with Crippen LogP contribution in [0.1, 0.15) is 13.3 Å². The third kappa shape index (κ3) is 2.89. The Balaban J connectivity index is 2.11. The number of aliphatic hydroxyl groups excluding tert-OH is 1. The van der Waals surface area contributed by atoms with Crippen LogP contribution in [-0.4, -0.2) is 61.3 Å². The molecule has 0 radical (unpaired) electrons. The van der Waals surface area contributed by atoms with E-state index >= 15 is 0 Å². The molecule has 9 nitrogen and oxygen atoms in total. The minimum Gasteiger partial charge on any atom is -0.615 e. The minimum absolute atomic E-state index is 0.0747. The zero-order chi connectivity index (χ0) is 16.6. The Morgan fingerprint density at radius 2 is 2.23 bits per heavy atom. The van der Waals surface area contributed by atoms with Gasteiger partial charge in [0.2, 0.25) is 5.91 Å². The van der Waals surface area contributed by atoms with E-state index in [1.165, 1.54) is 6.92 Å². The van der Waals surface area contributed by atoms with E-state index in [2.05, 4.69) is 5.32 Å². The topological polar surface area (TPSA) is 156 Å². The molecule has 4 unspecified atom stereocenters. The number of carbonyl (C=O) groups is 3. The van der Waals surface area contributed by atoms with Crippen LogP contribution in [-0.2, 0) is 20.8 Å². The van der Waals surface area contributed by atoms with Crippen LogP contribution >= 0.6 is 0 Å². The molecule has 22 heavy (non-hydrogen) atoms. The molecule has 2 heterocycles. The molecule has 0 spiro atoms. The fourth-order valence-corrected chi connectivity index (χ4v) is 3.94. The Kier molecular flexibility index (Phi) is 4.63. The van der Waals surface area contributed by atoms with Crippen molar-refractivity contribution in [1.29, 1.82) is 0 Å². The first-order valence-corrected chi connectivity index (χ1v) is 8.07. The summed E-state index contributed by atoms with van der Waals surface area (Å²) in [6.07, 6.45) is -0.615. The number of amides is 3. The lowest BCUT2D eigenvalue weighted by Gasteiger charge is -2.44. The second-order valence-electron chi connectivity index (χ2n) is 5.27. The minimum atomic E-state index is -1.54. The molecule has 10 heteroatoms. The third-order valence-electron chi connectivity index (χ3n) is 3.77. The van der Waals surface area contributed by atoms with Crippen molar-refractivity contribution in [3.63, 3.8) is 0 Å². The first-order chi connectivity index (χ1) is 10.2. The lowest BCUT2D eigenvalue weighted by atomic mass is 9.83. The van der Waals surface area contributed by atoms with E-state index < -0.39 is 47.1 Å². The van der Waals surface area contributed by atoms with Crippen molar-refractivity contribution in [3.8, 4) is 0 Å². The molecule has 2 aliphatic heterocycles. The predicted octanol–water partition coefficient (Wildman–Crippen LogP) is -1.69. The smallest absolute Gasteiger partial charge is 0.352 e. The molecule has 2 rings (SSSR count). The number of carbonyl (C=O) groups excluding carboxylic acids is 2. The number of carboxylic acid groups (broad SMARTS) is 1. The SMILES string of the molecule is CC(O)C1C(=O)N2C(C(=O)O)=C(C[S+]([O-])CNC(N)=O)CC12. The second-order valence-corrected chi connectivity index (χ2v) is 6.73. The number of rotatable bonds is 6. The molecule has 0 aromatic heterocycles. The van der Waals surface area contributed by atoms with Crippen LogP contribution in [0, 0.1) is 5.92 Å². The quantitative estimate of drug-likeness (QED) is 0.336. The molecule has 0 aliphatic carbocycles. The molecule has 5 N–H and O–H groups in total. The number of nitrogens with two attached hydrogens (primary N) is 1. The van der Waals surface area contributed by atoms with Crippen LogP contribution in [0.15, 0.2) is 11.3 Å². The van der Waals surface area contributed by atoms with Crippen LogP contribution in [0.3, 0.4) is 0 Å². The van der Waals surface area contributed by atoms with E-state index in [1.807, 2.05) is 0 Å². The first kappa shape index (κ1) is 16.6. The normalized spacial score (nSPS) is 26.3. The number of aliphatic hydroxyl groups is 1. The van der Waals surface area contributed by atoms with Gasteiger partial charge in [-0.1, -0.05) is 0 Å². The van der Waals surface area contributed by atoms with Crippen LogP contribution in [0.4, 0.5) is 4.79 Å². The predicted molar refractivity (Wildman–Crippen MR) is 75.7 cm³/mol. The summed E-state index contributed by atoms with van der Waals surface area (Å²) in [6.45, 7) is 1.48. The lowest BCUT2D eigenvalue weighted by Crippen LogP contribution is -2.61. The van der Waals surface area contributed by atoms with E-state index in [0.29, 0.717) is 5.57 Å². The fourth-order valence-electron chi connectivity index (χ4n) is 2.89. The Labute approximate surface area is 129 Å². The van der Waals surface area contributed by atoms with Gasteiger partial charge in [-0.3, -0.25) is 10.1 Å². The number of carboxylic acids is 1. The summed E-state index contributed by atoms with van der Waals surface area (Å²) in [4.78, 5) is 35.1. The molecule has 0 aromatic rings. The maximum Gasteiger partial charge on any atom is 0.352 e. The highest BCUT2D eigenvalue weighted by atomic mass is 32.2. The molecule has 0 saturated carbocycles. The number of urea groups is 1. The summed E-state index contributed by atoms with van der Waals surface area (Å²) in [5, 5.41) is 21.1. The number of hydrogen-bond acceptors (Lipinski definition) is 5. The van der Waals surface area contributed by atoms with Crippen molar-refractivity contribution in [2.75, 3.05) is 11.6 Å². The van der Waals surface area contributed by atoms with E-state index in [0.717, 1.165) is 4.90 Å². The summed E-state index contributed by atoms with van der Waals surface area (Å²) in [5.41, 5.74) is 5.08. The molecule has 2 aliphatic rings. The number of fused-ring (bicyclic) bond motifs is 1. The fraction of sp³-hybridized carbons (Fsp3) is 0.583. The Morgan fingerprint density at radius 3 is 2.73 bits per heavy atom. The number of nitrogens with one attached hydrogen (secondary N) is 1. The summed E-state index contributed by atoms with van der Waals surface area (Å²) in [6, 6.07) is -1.23. The molecule has 1 fully saturated rings. The van der Waals surface area contributed by atoms with Gasteiger partial charge in [0.25, 0.3) is 0 Å². The van der Waals surface area contributed by atoms with Crippen LogP contribution in [0.25, 0.3) is 0 Å². The standard InChI is InChI=1S/C12H17N3O6S/c1-5(16)8-7-2-6(3-22(21)4-14-12(13)20)9(11(18)19)15(7)10(8)17/h5,7-8,16H,2-4H2,1H3,(H,18,19)(H3,13,14,20). The van der Waals surface area contributed by atoms with Gasteiger partial charge in [-0.2, -0.15) is 0 Å². The average molecular weight is 331 g/mol. The van der Waals surface area contributed by atoms with Gasteiger partial charge in [0, 0.05) is 5.57 Å². The van der Waals surface area contributed by atoms with Crippen molar-refractivity contribution in [2.45, 2.75) is 25.5 Å². The maximum atomic E-state index is 12.0. The van der Waals surface area contributed by atoms with E-state index in [1.54, 1.807) is 0 Å². The van der Waals surface area contributed by atoms with Gasteiger partial charge in [-0.25, -0.2) is 9.59 Å². The van der Waals surface area contributed by atoms with Crippen molar-refractivity contribution >= 4 is 29.1 Å². The van der Waals surface area contributed by atoms with Crippen molar-refractivity contribution in [3.05, 3.63) is 11.3 Å². The van der Waals surface area contributed by atoms with Crippen LogP contribution < -0.4 is 11.1 Å². The van der Waals surface area contributed by atoms with E-state index in [9.17, 15) is 29.1 Å². The molecule has 4 atom stereocenters. The summed E-state index contributed by atoms with van der Waals surface area (Å²) >= 11 is -1.54.